The number of esters is 1. The second-order valence-electron chi connectivity index (χ2n) is 6.77. The number of carbonyl (C=O) groups excluding carboxylic acids is 2. The van der Waals surface area contributed by atoms with E-state index in [0.29, 0.717) is 38.4 Å². The van der Waals surface area contributed by atoms with E-state index < -0.39 is 12.0 Å². The van der Waals surface area contributed by atoms with Crippen molar-refractivity contribution in [1.29, 1.82) is 0 Å². The summed E-state index contributed by atoms with van der Waals surface area (Å²) in [7, 11) is 1.32. The van der Waals surface area contributed by atoms with E-state index in [1.54, 1.807) is 0 Å². The van der Waals surface area contributed by atoms with Gasteiger partial charge in [-0.05, 0) is 29.7 Å². The Hall–Kier alpha value is -2.86. The molecule has 0 spiro atoms. The van der Waals surface area contributed by atoms with Crippen LogP contribution in [0.4, 0.5) is 0 Å². The summed E-state index contributed by atoms with van der Waals surface area (Å²) in [5, 5.41) is 2.80. The lowest BCUT2D eigenvalue weighted by Crippen LogP contribution is -2.45. The minimum absolute atomic E-state index is 0.176. The second-order valence-corrected chi connectivity index (χ2v) is 6.77. The molecule has 6 heteroatoms. The number of methoxy groups -OCH3 is 1. The molecular weight excluding hydrogens is 358 g/mol. The summed E-state index contributed by atoms with van der Waals surface area (Å²) in [4.78, 5) is 24.5. The van der Waals surface area contributed by atoms with Crippen molar-refractivity contribution in [1.82, 2.24) is 5.32 Å². The summed E-state index contributed by atoms with van der Waals surface area (Å²) in [6, 6.07) is 16.7. The zero-order valence-corrected chi connectivity index (χ0v) is 15.9. The molecule has 3 rings (SSSR count). The van der Waals surface area contributed by atoms with Crippen LogP contribution in [0.25, 0.3) is 0 Å². The molecule has 148 valence electrons. The lowest BCUT2D eigenvalue weighted by molar-refractivity contribution is -0.145. The highest BCUT2D eigenvalue weighted by Crippen LogP contribution is 2.18. The molecule has 0 saturated carbocycles. The quantitative estimate of drug-likeness (QED) is 0.709. The number of ether oxygens (including phenoxy) is 3. The molecular formula is C22H25NO5. The normalized spacial score (nSPS) is 17.0. The van der Waals surface area contributed by atoms with Crippen molar-refractivity contribution in [3.8, 4) is 5.75 Å². The smallest absolute Gasteiger partial charge is 0.328 e. The highest BCUT2D eigenvalue weighted by Gasteiger charge is 2.28. The largest absolute Gasteiger partial charge is 0.489 e. The molecule has 2 atom stereocenters. The molecule has 1 saturated heterocycles. The lowest BCUT2D eigenvalue weighted by atomic mass is 10.0. The molecule has 2 aromatic carbocycles. The summed E-state index contributed by atoms with van der Waals surface area (Å²) in [5.74, 6) is -0.152. The average molecular weight is 383 g/mol. The van der Waals surface area contributed by atoms with Crippen LogP contribution in [-0.4, -0.2) is 38.2 Å². The highest BCUT2D eigenvalue weighted by atomic mass is 16.5. The molecule has 0 radical (unpaired) electrons. The topological polar surface area (TPSA) is 73.9 Å². The van der Waals surface area contributed by atoms with E-state index in [-0.39, 0.29) is 11.8 Å². The van der Waals surface area contributed by atoms with E-state index in [2.05, 4.69) is 5.32 Å². The Morgan fingerprint density at radius 1 is 1.14 bits per heavy atom. The predicted octanol–water partition coefficient (Wildman–Crippen LogP) is 2.50. The number of amides is 1. The first kappa shape index (κ1) is 19.9. The Bertz CT molecular complexity index is 787. The molecule has 1 amide bonds. The average Bonchev–Trinajstić information content (AvgIpc) is 3.27. The fourth-order valence-electron chi connectivity index (χ4n) is 3.11. The number of carbonyl (C=O) groups is 2. The standard InChI is InChI=1S/C22H25NO5/c1-26-22(25)20(23-21(24)18-10-11-27-15-18)13-17-8-5-9-19(12-17)28-14-16-6-3-2-4-7-16/h2-9,12,18,20H,10-11,13-15H2,1H3,(H,23,24)/t18-,20-/m0/s1. The Morgan fingerprint density at radius 3 is 2.64 bits per heavy atom. The molecule has 0 aliphatic carbocycles. The van der Waals surface area contributed by atoms with Crippen LogP contribution < -0.4 is 10.1 Å². The maximum atomic E-state index is 12.4. The summed E-state index contributed by atoms with van der Waals surface area (Å²) < 4.78 is 16.0. The molecule has 0 bridgehead atoms. The maximum absolute atomic E-state index is 12.4. The summed E-state index contributed by atoms with van der Waals surface area (Å²) in [6.07, 6.45) is 0.997. The van der Waals surface area contributed by atoms with Crippen molar-refractivity contribution < 1.29 is 23.8 Å². The molecule has 1 heterocycles. The Morgan fingerprint density at radius 2 is 1.93 bits per heavy atom. The van der Waals surface area contributed by atoms with Crippen molar-refractivity contribution in [2.24, 2.45) is 5.92 Å². The zero-order valence-electron chi connectivity index (χ0n) is 15.9. The summed E-state index contributed by atoms with van der Waals surface area (Å²) >= 11 is 0. The van der Waals surface area contributed by atoms with Gasteiger partial charge in [-0.15, -0.1) is 0 Å². The first-order chi connectivity index (χ1) is 13.7. The first-order valence-electron chi connectivity index (χ1n) is 9.37. The van der Waals surface area contributed by atoms with Gasteiger partial charge in [-0.3, -0.25) is 4.79 Å². The van der Waals surface area contributed by atoms with E-state index in [1.165, 1.54) is 7.11 Å². The molecule has 2 aromatic rings. The fraction of sp³-hybridized carbons (Fsp3) is 0.364. The summed E-state index contributed by atoms with van der Waals surface area (Å²) in [5.41, 5.74) is 1.95. The first-order valence-corrected chi connectivity index (χ1v) is 9.37. The molecule has 6 nitrogen and oxygen atoms in total. The number of rotatable bonds is 8. The van der Waals surface area contributed by atoms with Crippen LogP contribution in [-0.2, 0) is 32.1 Å². The Balaban J connectivity index is 1.63. The second kappa shape index (κ2) is 9.90. The molecule has 28 heavy (non-hydrogen) atoms. The minimum atomic E-state index is -0.748. The van der Waals surface area contributed by atoms with Crippen molar-refractivity contribution in [3.05, 3.63) is 65.7 Å². The van der Waals surface area contributed by atoms with Crippen LogP contribution in [0.1, 0.15) is 17.5 Å². The van der Waals surface area contributed by atoms with Gasteiger partial charge in [-0.2, -0.15) is 0 Å². The van der Waals surface area contributed by atoms with E-state index in [0.717, 1.165) is 11.1 Å². The van der Waals surface area contributed by atoms with Gasteiger partial charge >= 0.3 is 5.97 Å². The van der Waals surface area contributed by atoms with Crippen LogP contribution in [0.5, 0.6) is 5.75 Å². The number of benzene rings is 2. The third-order valence-corrected chi connectivity index (χ3v) is 4.69. The van der Waals surface area contributed by atoms with Gasteiger partial charge in [0.2, 0.25) is 5.91 Å². The van der Waals surface area contributed by atoms with Gasteiger partial charge in [0.1, 0.15) is 18.4 Å². The number of hydrogen-bond donors (Lipinski definition) is 1. The van der Waals surface area contributed by atoms with Crippen molar-refractivity contribution in [3.63, 3.8) is 0 Å². The Labute approximate surface area is 164 Å². The van der Waals surface area contributed by atoms with E-state index in [1.807, 2.05) is 54.6 Å². The van der Waals surface area contributed by atoms with Crippen LogP contribution in [0.3, 0.4) is 0 Å². The number of hydrogen-bond acceptors (Lipinski definition) is 5. The van der Waals surface area contributed by atoms with E-state index in [9.17, 15) is 9.59 Å². The van der Waals surface area contributed by atoms with Gasteiger partial charge in [0, 0.05) is 13.0 Å². The maximum Gasteiger partial charge on any atom is 0.328 e. The van der Waals surface area contributed by atoms with Crippen LogP contribution in [0.15, 0.2) is 54.6 Å². The van der Waals surface area contributed by atoms with Crippen LogP contribution in [0, 0.1) is 5.92 Å². The van der Waals surface area contributed by atoms with Crippen LogP contribution in [0.2, 0.25) is 0 Å². The van der Waals surface area contributed by atoms with Gasteiger partial charge in [-0.1, -0.05) is 42.5 Å². The predicted molar refractivity (Wildman–Crippen MR) is 104 cm³/mol. The highest BCUT2D eigenvalue weighted by molar-refractivity contribution is 5.86. The van der Waals surface area contributed by atoms with E-state index in [4.69, 9.17) is 14.2 Å². The minimum Gasteiger partial charge on any atom is -0.489 e. The third kappa shape index (κ3) is 5.57. The molecule has 1 N–H and O–H groups in total. The molecule has 0 unspecified atom stereocenters. The van der Waals surface area contributed by atoms with Gasteiger partial charge in [0.15, 0.2) is 0 Å². The zero-order chi connectivity index (χ0) is 19.8. The van der Waals surface area contributed by atoms with Crippen LogP contribution >= 0.6 is 0 Å². The number of nitrogens with one attached hydrogen (secondary N) is 1. The monoisotopic (exact) mass is 383 g/mol. The molecule has 0 aromatic heterocycles. The molecule has 1 aliphatic rings. The van der Waals surface area contributed by atoms with Gasteiger partial charge in [0.25, 0.3) is 0 Å². The summed E-state index contributed by atoms with van der Waals surface area (Å²) in [6.45, 7) is 1.42. The van der Waals surface area contributed by atoms with Crippen molar-refractivity contribution >= 4 is 11.9 Å². The van der Waals surface area contributed by atoms with E-state index >= 15 is 0 Å². The van der Waals surface area contributed by atoms with Gasteiger partial charge in [-0.25, -0.2) is 4.79 Å². The molecule has 1 aliphatic heterocycles. The SMILES string of the molecule is COC(=O)[C@H](Cc1cccc(OCc2ccccc2)c1)NC(=O)[C@H]1CCOC1. The van der Waals surface area contributed by atoms with Crippen molar-refractivity contribution in [2.45, 2.75) is 25.5 Å². The molecule has 1 fully saturated rings. The van der Waals surface area contributed by atoms with Crippen molar-refractivity contribution in [2.75, 3.05) is 20.3 Å². The fourth-order valence-corrected chi connectivity index (χ4v) is 3.11. The third-order valence-electron chi connectivity index (χ3n) is 4.69. The lowest BCUT2D eigenvalue weighted by Gasteiger charge is -2.19. The van der Waals surface area contributed by atoms with Gasteiger partial charge < -0.3 is 19.5 Å². The van der Waals surface area contributed by atoms with Gasteiger partial charge in [0.05, 0.1) is 19.6 Å². The Kier molecular flexibility index (Phi) is 7.03.